The van der Waals surface area contributed by atoms with Crippen molar-refractivity contribution in [1.82, 2.24) is 19.5 Å². The fourth-order valence-electron chi connectivity index (χ4n) is 2.32. The predicted octanol–water partition coefficient (Wildman–Crippen LogP) is -1.29. The Morgan fingerprint density at radius 2 is 2.38 bits per heavy atom. The van der Waals surface area contributed by atoms with Gasteiger partial charge < -0.3 is 19.9 Å². The van der Waals surface area contributed by atoms with Gasteiger partial charge in [0.25, 0.3) is 5.56 Å². The molecular formula is C12H11FN4O4. The average molecular weight is 294 g/mol. The lowest BCUT2D eigenvalue weighted by molar-refractivity contribution is -0.0900. The van der Waals surface area contributed by atoms with E-state index in [0.717, 1.165) is 10.9 Å². The molecule has 3 rings (SSSR count). The number of hydrogen-bond acceptors (Lipinski definition) is 6. The lowest BCUT2D eigenvalue weighted by atomic mass is 9.98. The highest BCUT2D eigenvalue weighted by atomic mass is 19.1. The van der Waals surface area contributed by atoms with Crippen LogP contribution < -0.4 is 5.56 Å². The number of halogens is 1. The molecule has 110 valence electrons. The fourth-order valence-corrected chi connectivity index (χ4v) is 2.32. The van der Waals surface area contributed by atoms with Crippen molar-refractivity contribution in [2.75, 3.05) is 6.61 Å². The monoisotopic (exact) mass is 294 g/mol. The van der Waals surface area contributed by atoms with Gasteiger partial charge in [-0.05, 0) is 0 Å². The number of terminal acetylenes is 1. The van der Waals surface area contributed by atoms with Crippen molar-refractivity contribution in [2.24, 2.45) is 0 Å². The van der Waals surface area contributed by atoms with Crippen LogP contribution in [0.3, 0.4) is 0 Å². The molecule has 3 N–H and O–H groups in total. The summed E-state index contributed by atoms with van der Waals surface area (Å²) in [5.74, 6) is 2.07. The Morgan fingerprint density at radius 1 is 1.62 bits per heavy atom. The highest BCUT2D eigenvalue weighted by Gasteiger charge is 2.55. The summed E-state index contributed by atoms with van der Waals surface area (Å²) in [7, 11) is 0. The quantitative estimate of drug-likeness (QED) is 0.594. The average Bonchev–Trinajstić information content (AvgIpc) is 3.02. The van der Waals surface area contributed by atoms with Crippen LogP contribution in [0, 0.1) is 12.3 Å². The van der Waals surface area contributed by atoms with E-state index in [-0.39, 0.29) is 11.2 Å². The zero-order chi connectivity index (χ0) is 15.2. The molecule has 0 unspecified atom stereocenters. The molecule has 3 heterocycles. The Bertz CT molecular complexity index is 781. The molecule has 0 radical (unpaired) electrons. The van der Waals surface area contributed by atoms with E-state index in [1.807, 2.05) is 0 Å². The van der Waals surface area contributed by atoms with Gasteiger partial charge in [-0.25, -0.2) is 14.4 Å². The first kappa shape index (κ1) is 13.7. The first-order chi connectivity index (χ1) is 10.0. The first-order valence-electron chi connectivity index (χ1n) is 6.03. The number of hydrogen-bond donors (Lipinski definition) is 3. The summed E-state index contributed by atoms with van der Waals surface area (Å²) in [4.78, 5) is 21.6. The Kier molecular flexibility index (Phi) is 3.02. The number of aliphatic hydroxyl groups is 2. The van der Waals surface area contributed by atoms with Gasteiger partial charge >= 0.3 is 0 Å². The molecule has 9 heteroatoms. The van der Waals surface area contributed by atoms with Gasteiger partial charge in [-0.1, -0.05) is 5.92 Å². The molecular weight excluding hydrogens is 283 g/mol. The van der Waals surface area contributed by atoms with Crippen molar-refractivity contribution in [3.8, 4) is 12.3 Å². The maximum Gasteiger partial charge on any atom is 0.278 e. The molecule has 0 amide bonds. The molecule has 0 bridgehead atoms. The molecule has 0 spiro atoms. The Morgan fingerprint density at radius 3 is 3.00 bits per heavy atom. The SMILES string of the molecule is C#C[C@]1(CO)O[C@@H](n2cnc3c(=O)[nH]cnc32)[C@@H](F)[C@@H]1O. The van der Waals surface area contributed by atoms with Crippen molar-refractivity contribution in [3.05, 3.63) is 23.0 Å². The van der Waals surface area contributed by atoms with Crippen molar-refractivity contribution in [3.63, 3.8) is 0 Å². The number of nitrogens with one attached hydrogen (secondary N) is 1. The zero-order valence-corrected chi connectivity index (χ0v) is 10.6. The molecule has 1 fully saturated rings. The molecule has 1 aliphatic rings. The standard InChI is InChI=1S/C12H11FN4O4/c1-2-12(3-18)8(19)6(13)11(21-12)17-5-16-7-9(17)14-4-15-10(7)20/h1,4-6,8,11,18-19H,3H2,(H,14,15,20)/t6-,8-,11+,12+/m0/s1. The molecule has 2 aromatic rings. The highest BCUT2D eigenvalue weighted by Crippen LogP contribution is 2.39. The summed E-state index contributed by atoms with van der Waals surface area (Å²) >= 11 is 0. The van der Waals surface area contributed by atoms with Crippen molar-refractivity contribution in [1.29, 1.82) is 0 Å². The third kappa shape index (κ3) is 1.77. The first-order valence-corrected chi connectivity index (χ1v) is 6.03. The molecule has 4 atom stereocenters. The largest absolute Gasteiger partial charge is 0.392 e. The van der Waals surface area contributed by atoms with Gasteiger partial charge in [-0.2, -0.15) is 0 Å². The molecule has 0 aliphatic carbocycles. The van der Waals surface area contributed by atoms with Gasteiger partial charge in [0.05, 0.1) is 19.3 Å². The number of fused-ring (bicyclic) bond motifs is 1. The number of imidazole rings is 1. The molecule has 21 heavy (non-hydrogen) atoms. The number of aromatic amines is 1. The normalized spacial score (nSPS) is 32.4. The minimum absolute atomic E-state index is 0.00463. The van der Waals surface area contributed by atoms with Gasteiger partial charge in [-0.3, -0.25) is 9.36 Å². The summed E-state index contributed by atoms with van der Waals surface area (Å²) < 4.78 is 20.8. The van der Waals surface area contributed by atoms with Crippen LogP contribution in [-0.4, -0.2) is 54.2 Å². The van der Waals surface area contributed by atoms with Crippen LogP contribution >= 0.6 is 0 Å². The molecule has 0 aromatic carbocycles. The number of nitrogens with zero attached hydrogens (tertiary/aromatic N) is 3. The fraction of sp³-hybridized carbons (Fsp3) is 0.417. The lowest BCUT2D eigenvalue weighted by Crippen LogP contribution is -2.44. The summed E-state index contributed by atoms with van der Waals surface area (Å²) in [5, 5.41) is 19.2. The van der Waals surface area contributed by atoms with Crippen LogP contribution in [0.15, 0.2) is 17.4 Å². The van der Waals surface area contributed by atoms with E-state index in [1.54, 1.807) is 0 Å². The maximum atomic E-state index is 14.3. The van der Waals surface area contributed by atoms with Gasteiger partial charge in [-0.15, -0.1) is 6.42 Å². The molecule has 8 nitrogen and oxygen atoms in total. The maximum absolute atomic E-state index is 14.3. The Balaban J connectivity index is 2.10. The number of alkyl halides is 1. The van der Waals surface area contributed by atoms with Crippen LogP contribution in [0.2, 0.25) is 0 Å². The van der Waals surface area contributed by atoms with E-state index >= 15 is 0 Å². The van der Waals surface area contributed by atoms with Crippen molar-refractivity contribution >= 4 is 11.2 Å². The van der Waals surface area contributed by atoms with Crippen LogP contribution in [0.5, 0.6) is 0 Å². The summed E-state index contributed by atoms with van der Waals surface area (Å²) in [5.41, 5.74) is -2.24. The van der Waals surface area contributed by atoms with E-state index < -0.39 is 36.3 Å². The number of H-pyrrole nitrogens is 1. The number of rotatable bonds is 2. The van der Waals surface area contributed by atoms with E-state index in [4.69, 9.17) is 11.2 Å². The molecule has 2 aromatic heterocycles. The zero-order valence-electron chi connectivity index (χ0n) is 10.6. The summed E-state index contributed by atoms with van der Waals surface area (Å²) in [6.07, 6.45) is 2.57. The molecule has 0 saturated carbocycles. The topological polar surface area (TPSA) is 113 Å². The van der Waals surface area contributed by atoms with E-state index in [2.05, 4.69) is 20.9 Å². The predicted molar refractivity (Wildman–Crippen MR) is 67.8 cm³/mol. The Hall–Kier alpha value is -2.28. The Labute approximate surface area is 117 Å². The number of aliphatic hydroxyl groups excluding tert-OH is 2. The minimum atomic E-state index is -1.91. The molecule has 1 saturated heterocycles. The summed E-state index contributed by atoms with van der Waals surface area (Å²) in [6, 6.07) is 0. The highest BCUT2D eigenvalue weighted by molar-refractivity contribution is 5.68. The van der Waals surface area contributed by atoms with E-state index in [1.165, 1.54) is 6.33 Å². The summed E-state index contributed by atoms with van der Waals surface area (Å²) in [6.45, 7) is -0.748. The van der Waals surface area contributed by atoms with Gasteiger partial charge in [0.2, 0.25) is 0 Å². The van der Waals surface area contributed by atoms with Crippen molar-refractivity contribution in [2.45, 2.75) is 24.1 Å². The van der Waals surface area contributed by atoms with Crippen LogP contribution in [0.4, 0.5) is 4.39 Å². The molecule has 1 aliphatic heterocycles. The smallest absolute Gasteiger partial charge is 0.278 e. The van der Waals surface area contributed by atoms with Crippen LogP contribution in [0.1, 0.15) is 6.23 Å². The third-order valence-electron chi connectivity index (χ3n) is 3.50. The van der Waals surface area contributed by atoms with Crippen molar-refractivity contribution < 1.29 is 19.3 Å². The minimum Gasteiger partial charge on any atom is -0.392 e. The third-order valence-corrected chi connectivity index (χ3v) is 3.50. The number of aromatic nitrogens is 4. The second kappa shape index (κ2) is 4.63. The van der Waals surface area contributed by atoms with E-state index in [9.17, 15) is 19.4 Å². The second-order valence-corrected chi connectivity index (χ2v) is 4.65. The van der Waals surface area contributed by atoms with Crippen LogP contribution in [-0.2, 0) is 4.74 Å². The lowest BCUT2D eigenvalue weighted by Gasteiger charge is -2.23. The van der Waals surface area contributed by atoms with Gasteiger partial charge in [0.1, 0.15) is 6.10 Å². The van der Waals surface area contributed by atoms with Gasteiger partial charge in [0.15, 0.2) is 29.2 Å². The van der Waals surface area contributed by atoms with Crippen LogP contribution in [0.25, 0.3) is 11.2 Å². The second-order valence-electron chi connectivity index (χ2n) is 4.65. The van der Waals surface area contributed by atoms with E-state index in [0.29, 0.717) is 0 Å². The van der Waals surface area contributed by atoms with Gasteiger partial charge in [0, 0.05) is 0 Å². The number of ether oxygens (including phenoxy) is 1.